The number of aliphatic hydroxyl groups excluding tert-OH is 1. The molecule has 3 aromatic rings. The van der Waals surface area contributed by atoms with Crippen molar-refractivity contribution in [2.45, 2.75) is 6.10 Å². The number of anilines is 1. The third-order valence-electron chi connectivity index (χ3n) is 3.16. The summed E-state index contributed by atoms with van der Waals surface area (Å²) in [7, 11) is 0. The van der Waals surface area contributed by atoms with Crippen LogP contribution in [0.15, 0.2) is 42.6 Å². The van der Waals surface area contributed by atoms with Crippen molar-refractivity contribution < 1.29 is 18.7 Å². The first kappa shape index (κ1) is 14.2. The minimum Gasteiger partial charge on any atom is -0.378 e. The van der Waals surface area contributed by atoms with E-state index in [9.17, 15) is 18.7 Å². The average Bonchev–Trinajstić information content (AvgIpc) is 2.93. The van der Waals surface area contributed by atoms with Crippen molar-refractivity contribution in [3.05, 3.63) is 59.8 Å². The standard InChI is InChI=1S/C15H11F2N3O2/c16-10-3-8(4-11(17)6-10)14(21)15(22)19-12-1-2-13-9(5-12)7-18-20-13/h1-7,14,21H,(H,18,20)(H,19,22). The summed E-state index contributed by atoms with van der Waals surface area (Å²) in [6.07, 6.45) is -0.0890. The fraction of sp³-hybridized carbons (Fsp3) is 0.0667. The van der Waals surface area contributed by atoms with Gasteiger partial charge in [0.05, 0.1) is 11.7 Å². The molecule has 0 aliphatic rings. The van der Waals surface area contributed by atoms with Gasteiger partial charge in [0.2, 0.25) is 0 Å². The normalized spacial score (nSPS) is 12.3. The topological polar surface area (TPSA) is 78.0 Å². The number of benzene rings is 2. The highest BCUT2D eigenvalue weighted by Gasteiger charge is 2.19. The molecule has 1 aromatic heterocycles. The number of amides is 1. The number of aromatic nitrogens is 2. The highest BCUT2D eigenvalue weighted by Crippen LogP contribution is 2.20. The molecule has 0 aliphatic carbocycles. The first-order valence-electron chi connectivity index (χ1n) is 6.41. The van der Waals surface area contributed by atoms with Crippen LogP contribution in [0.1, 0.15) is 11.7 Å². The molecule has 1 atom stereocenters. The molecule has 112 valence electrons. The van der Waals surface area contributed by atoms with Crippen molar-refractivity contribution in [2.24, 2.45) is 0 Å². The highest BCUT2D eigenvalue weighted by molar-refractivity contribution is 5.96. The maximum atomic E-state index is 13.1. The summed E-state index contributed by atoms with van der Waals surface area (Å²) in [5.74, 6) is -2.50. The fourth-order valence-electron chi connectivity index (χ4n) is 2.12. The Morgan fingerprint density at radius 3 is 2.64 bits per heavy atom. The van der Waals surface area contributed by atoms with Crippen LogP contribution in [-0.2, 0) is 4.79 Å². The van der Waals surface area contributed by atoms with Gasteiger partial charge in [0, 0.05) is 17.1 Å². The number of hydrogen-bond acceptors (Lipinski definition) is 3. The van der Waals surface area contributed by atoms with Gasteiger partial charge in [-0.15, -0.1) is 0 Å². The van der Waals surface area contributed by atoms with E-state index in [-0.39, 0.29) is 5.56 Å². The summed E-state index contributed by atoms with van der Waals surface area (Å²) >= 11 is 0. The van der Waals surface area contributed by atoms with Crippen LogP contribution in [0.25, 0.3) is 10.9 Å². The molecular weight excluding hydrogens is 292 g/mol. The number of carbonyl (C=O) groups excluding carboxylic acids is 1. The number of halogens is 2. The minimum absolute atomic E-state index is 0.153. The van der Waals surface area contributed by atoms with Crippen LogP contribution in [-0.4, -0.2) is 21.2 Å². The number of rotatable bonds is 3. The van der Waals surface area contributed by atoms with Crippen molar-refractivity contribution in [2.75, 3.05) is 5.32 Å². The number of aliphatic hydroxyl groups is 1. The van der Waals surface area contributed by atoms with Gasteiger partial charge in [0.1, 0.15) is 11.6 Å². The third kappa shape index (κ3) is 2.79. The first-order chi connectivity index (χ1) is 10.5. The van der Waals surface area contributed by atoms with Gasteiger partial charge in [-0.05, 0) is 35.9 Å². The van der Waals surface area contributed by atoms with E-state index in [2.05, 4.69) is 15.5 Å². The van der Waals surface area contributed by atoms with Gasteiger partial charge < -0.3 is 10.4 Å². The number of carbonyl (C=O) groups is 1. The molecule has 0 spiro atoms. The molecular formula is C15H11F2N3O2. The van der Waals surface area contributed by atoms with Crippen LogP contribution in [0.3, 0.4) is 0 Å². The molecule has 1 amide bonds. The number of fused-ring (bicyclic) bond motifs is 1. The predicted octanol–water partition coefficient (Wildman–Crippen LogP) is 2.51. The Morgan fingerprint density at radius 1 is 1.18 bits per heavy atom. The lowest BCUT2D eigenvalue weighted by Crippen LogP contribution is -2.21. The van der Waals surface area contributed by atoms with Gasteiger partial charge in [-0.2, -0.15) is 5.10 Å². The molecule has 0 radical (unpaired) electrons. The van der Waals surface area contributed by atoms with E-state index in [1.54, 1.807) is 24.4 Å². The van der Waals surface area contributed by atoms with Crippen LogP contribution < -0.4 is 5.32 Å². The zero-order chi connectivity index (χ0) is 15.7. The summed E-state index contributed by atoms with van der Waals surface area (Å²) in [6.45, 7) is 0. The summed E-state index contributed by atoms with van der Waals surface area (Å²) < 4.78 is 26.2. The van der Waals surface area contributed by atoms with Crippen molar-refractivity contribution in [3.63, 3.8) is 0 Å². The lowest BCUT2D eigenvalue weighted by molar-refractivity contribution is -0.124. The highest BCUT2D eigenvalue weighted by atomic mass is 19.1. The average molecular weight is 303 g/mol. The third-order valence-corrected chi connectivity index (χ3v) is 3.16. The Hall–Kier alpha value is -2.80. The summed E-state index contributed by atoms with van der Waals surface area (Å²) in [4.78, 5) is 12.0. The Balaban J connectivity index is 1.80. The van der Waals surface area contributed by atoms with Crippen molar-refractivity contribution in [3.8, 4) is 0 Å². The van der Waals surface area contributed by atoms with E-state index < -0.39 is 23.6 Å². The summed E-state index contributed by atoms with van der Waals surface area (Å²) in [6, 6.07) is 7.49. The number of nitrogens with one attached hydrogen (secondary N) is 2. The Labute approximate surface area is 123 Å². The lowest BCUT2D eigenvalue weighted by atomic mass is 10.1. The number of nitrogens with zero attached hydrogens (tertiary/aromatic N) is 1. The second-order valence-electron chi connectivity index (χ2n) is 4.77. The molecule has 0 aliphatic heterocycles. The minimum atomic E-state index is -1.68. The van der Waals surface area contributed by atoms with Crippen LogP contribution in [0.4, 0.5) is 14.5 Å². The zero-order valence-corrected chi connectivity index (χ0v) is 11.2. The van der Waals surface area contributed by atoms with Crippen molar-refractivity contribution >= 4 is 22.5 Å². The molecule has 5 nitrogen and oxygen atoms in total. The zero-order valence-electron chi connectivity index (χ0n) is 11.2. The van der Waals surface area contributed by atoms with E-state index in [1.165, 1.54) is 0 Å². The monoisotopic (exact) mass is 303 g/mol. The molecule has 3 N–H and O–H groups in total. The molecule has 0 saturated heterocycles. The Bertz CT molecular complexity index is 827. The van der Waals surface area contributed by atoms with Gasteiger partial charge in [-0.1, -0.05) is 0 Å². The largest absolute Gasteiger partial charge is 0.378 e. The van der Waals surface area contributed by atoms with Crippen LogP contribution >= 0.6 is 0 Å². The van der Waals surface area contributed by atoms with E-state index in [4.69, 9.17) is 0 Å². The van der Waals surface area contributed by atoms with Crippen LogP contribution in [0.5, 0.6) is 0 Å². The molecule has 0 bridgehead atoms. The molecule has 1 heterocycles. The maximum Gasteiger partial charge on any atom is 0.257 e. The maximum absolute atomic E-state index is 13.1. The van der Waals surface area contributed by atoms with Crippen LogP contribution in [0.2, 0.25) is 0 Å². The second kappa shape index (κ2) is 5.53. The smallest absolute Gasteiger partial charge is 0.257 e. The van der Waals surface area contributed by atoms with Gasteiger partial charge >= 0.3 is 0 Å². The second-order valence-corrected chi connectivity index (χ2v) is 4.77. The molecule has 7 heteroatoms. The molecule has 1 unspecified atom stereocenters. The predicted molar refractivity (Wildman–Crippen MR) is 76.0 cm³/mol. The fourth-order valence-corrected chi connectivity index (χ4v) is 2.12. The quantitative estimate of drug-likeness (QED) is 0.695. The van der Waals surface area contributed by atoms with Crippen molar-refractivity contribution in [1.29, 1.82) is 0 Å². The first-order valence-corrected chi connectivity index (χ1v) is 6.41. The summed E-state index contributed by atoms with van der Waals surface area (Å²) in [5.41, 5.74) is 1.08. The van der Waals surface area contributed by atoms with Gasteiger partial charge in [-0.3, -0.25) is 9.89 Å². The molecule has 2 aromatic carbocycles. The molecule has 0 fully saturated rings. The Morgan fingerprint density at radius 2 is 1.91 bits per heavy atom. The Kier molecular flexibility index (Phi) is 3.56. The van der Waals surface area contributed by atoms with Crippen LogP contribution in [0, 0.1) is 11.6 Å². The van der Waals surface area contributed by atoms with E-state index in [0.717, 1.165) is 23.0 Å². The summed E-state index contributed by atoms with van der Waals surface area (Å²) in [5, 5.41) is 19.8. The van der Waals surface area contributed by atoms with E-state index >= 15 is 0 Å². The number of hydrogen-bond donors (Lipinski definition) is 3. The van der Waals surface area contributed by atoms with Gasteiger partial charge in [0.25, 0.3) is 5.91 Å². The lowest BCUT2D eigenvalue weighted by Gasteiger charge is -2.12. The molecule has 0 saturated carbocycles. The molecule has 22 heavy (non-hydrogen) atoms. The van der Waals surface area contributed by atoms with Crippen molar-refractivity contribution in [1.82, 2.24) is 10.2 Å². The number of aromatic amines is 1. The van der Waals surface area contributed by atoms with Gasteiger partial charge in [0.15, 0.2) is 6.10 Å². The van der Waals surface area contributed by atoms with E-state index in [1.807, 2.05) is 0 Å². The van der Waals surface area contributed by atoms with Gasteiger partial charge in [-0.25, -0.2) is 8.78 Å². The van der Waals surface area contributed by atoms with E-state index in [0.29, 0.717) is 11.8 Å². The SMILES string of the molecule is O=C(Nc1ccc2[nH]ncc2c1)C(O)c1cc(F)cc(F)c1. The molecule has 3 rings (SSSR count). The number of H-pyrrole nitrogens is 1.